The number of carbonyl (C=O) groups is 1. The third kappa shape index (κ3) is 2.98. The lowest BCUT2D eigenvalue weighted by Gasteiger charge is -1.96. The van der Waals surface area contributed by atoms with E-state index in [1.165, 1.54) is 12.8 Å². The van der Waals surface area contributed by atoms with Crippen molar-refractivity contribution >= 4 is 12.5 Å². The molecule has 1 rings (SSSR count). The van der Waals surface area contributed by atoms with E-state index in [1.807, 2.05) is 0 Å². The number of carbonyl (C=O) groups excluding carboxylic acids is 1. The third-order valence-electron chi connectivity index (χ3n) is 1.67. The van der Waals surface area contributed by atoms with Gasteiger partial charge in [-0.25, -0.2) is 0 Å². The number of hydrogen-bond acceptors (Lipinski definition) is 3. The zero-order chi connectivity index (χ0) is 8.10. The lowest BCUT2D eigenvalue weighted by Crippen LogP contribution is -2.10. The lowest BCUT2D eigenvalue weighted by molar-refractivity contribution is -0.104. The second-order valence-electron chi connectivity index (χ2n) is 2.76. The minimum Gasteiger partial charge on any atom is -0.390 e. The van der Waals surface area contributed by atoms with Crippen LogP contribution in [0.2, 0.25) is 0 Å². The van der Waals surface area contributed by atoms with Gasteiger partial charge in [0.15, 0.2) is 6.29 Å². The molecular formula is C8H12N2O. The average Bonchev–Trinajstić information content (AvgIpc) is 2.82. The molecule has 1 fully saturated rings. The van der Waals surface area contributed by atoms with Gasteiger partial charge >= 0.3 is 0 Å². The second-order valence-corrected chi connectivity index (χ2v) is 2.76. The Bertz CT molecular complexity index is 173. The smallest absolute Gasteiger partial charge is 0.153 e. The van der Waals surface area contributed by atoms with Crippen LogP contribution in [0.1, 0.15) is 12.8 Å². The van der Waals surface area contributed by atoms with Crippen LogP contribution in [0.4, 0.5) is 0 Å². The fourth-order valence-electron chi connectivity index (χ4n) is 0.775. The third-order valence-corrected chi connectivity index (χ3v) is 1.67. The number of aldehydes is 1. The largest absolute Gasteiger partial charge is 0.390 e. The quantitative estimate of drug-likeness (QED) is 0.346. The standard InChI is InChI=1S/C8H12N2O/c9-3-8(6-11)5-10-4-7-1-2-7/h3,5-7,9-10H,1-2,4H2/b8-5+,9-3?. The Balaban J connectivity index is 2.18. The van der Waals surface area contributed by atoms with E-state index in [9.17, 15) is 4.79 Å². The van der Waals surface area contributed by atoms with Crippen LogP contribution in [-0.4, -0.2) is 19.0 Å². The molecule has 0 radical (unpaired) electrons. The van der Waals surface area contributed by atoms with Crippen molar-refractivity contribution < 1.29 is 4.79 Å². The molecule has 60 valence electrons. The van der Waals surface area contributed by atoms with E-state index in [1.54, 1.807) is 6.20 Å². The van der Waals surface area contributed by atoms with Crippen molar-refractivity contribution in [3.8, 4) is 0 Å². The molecule has 0 unspecified atom stereocenters. The summed E-state index contributed by atoms with van der Waals surface area (Å²) in [4.78, 5) is 10.2. The average molecular weight is 152 g/mol. The summed E-state index contributed by atoms with van der Waals surface area (Å²) in [5, 5.41) is 9.80. The molecule has 0 spiro atoms. The van der Waals surface area contributed by atoms with Crippen molar-refractivity contribution in [2.24, 2.45) is 5.92 Å². The van der Waals surface area contributed by atoms with E-state index in [2.05, 4.69) is 5.32 Å². The second kappa shape index (κ2) is 3.91. The predicted molar refractivity (Wildman–Crippen MR) is 43.7 cm³/mol. The first kappa shape index (κ1) is 7.98. The summed E-state index contributed by atoms with van der Waals surface area (Å²) in [5.74, 6) is 0.796. The van der Waals surface area contributed by atoms with Crippen LogP contribution in [0.3, 0.4) is 0 Å². The molecule has 0 aromatic heterocycles. The van der Waals surface area contributed by atoms with Crippen LogP contribution < -0.4 is 5.32 Å². The van der Waals surface area contributed by atoms with E-state index in [0.717, 1.165) is 18.7 Å². The molecule has 0 atom stereocenters. The summed E-state index contributed by atoms with van der Waals surface area (Å²) in [6.45, 7) is 0.936. The normalized spacial score (nSPS) is 17.6. The van der Waals surface area contributed by atoms with Crippen LogP contribution in [0.15, 0.2) is 11.8 Å². The first-order chi connectivity index (χ1) is 5.36. The molecule has 1 saturated carbocycles. The molecule has 0 bridgehead atoms. The van der Waals surface area contributed by atoms with Gasteiger partial charge in [-0.1, -0.05) is 0 Å². The number of allylic oxidation sites excluding steroid dienone is 1. The molecular weight excluding hydrogens is 140 g/mol. The van der Waals surface area contributed by atoms with Gasteiger partial charge in [0, 0.05) is 24.5 Å². The molecule has 1 aliphatic rings. The van der Waals surface area contributed by atoms with E-state index < -0.39 is 0 Å². The first-order valence-electron chi connectivity index (χ1n) is 3.76. The van der Waals surface area contributed by atoms with Crippen molar-refractivity contribution in [1.82, 2.24) is 5.32 Å². The van der Waals surface area contributed by atoms with Crippen molar-refractivity contribution in [2.75, 3.05) is 6.54 Å². The topological polar surface area (TPSA) is 53.0 Å². The number of nitrogens with one attached hydrogen (secondary N) is 2. The number of rotatable bonds is 5. The van der Waals surface area contributed by atoms with Gasteiger partial charge in [-0.05, 0) is 18.8 Å². The minimum atomic E-state index is 0.394. The van der Waals surface area contributed by atoms with Gasteiger partial charge in [-0.15, -0.1) is 0 Å². The zero-order valence-electron chi connectivity index (χ0n) is 6.34. The van der Waals surface area contributed by atoms with E-state index in [-0.39, 0.29) is 0 Å². The summed E-state index contributed by atoms with van der Waals surface area (Å²) < 4.78 is 0. The van der Waals surface area contributed by atoms with Gasteiger partial charge < -0.3 is 10.7 Å². The summed E-state index contributed by atoms with van der Waals surface area (Å²) in [5.41, 5.74) is 0.394. The van der Waals surface area contributed by atoms with Crippen LogP contribution in [0.5, 0.6) is 0 Å². The van der Waals surface area contributed by atoms with Crippen molar-refractivity contribution in [3.05, 3.63) is 11.8 Å². The van der Waals surface area contributed by atoms with Gasteiger partial charge in [-0.3, -0.25) is 4.79 Å². The maximum absolute atomic E-state index is 10.2. The molecule has 3 heteroatoms. The maximum Gasteiger partial charge on any atom is 0.153 e. The molecule has 0 heterocycles. The SMILES string of the molecule is N=C/C(C=O)=C\NCC1CC1. The van der Waals surface area contributed by atoms with Crippen LogP contribution in [0, 0.1) is 11.3 Å². The first-order valence-corrected chi connectivity index (χ1v) is 3.76. The summed E-state index contributed by atoms with van der Waals surface area (Å²) in [7, 11) is 0. The van der Waals surface area contributed by atoms with Gasteiger partial charge in [0.2, 0.25) is 0 Å². The lowest BCUT2D eigenvalue weighted by atomic mass is 10.3. The van der Waals surface area contributed by atoms with Gasteiger partial charge in [0.25, 0.3) is 0 Å². The van der Waals surface area contributed by atoms with Crippen molar-refractivity contribution in [2.45, 2.75) is 12.8 Å². The van der Waals surface area contributed by atoms with E-state index in [0.29, 0.717) is 11.9 Å². The fraction of sp³-hybridized carbons (Fsp3) is 0.500. The molecule has 0 aromatic rings. The maximum atomic E-state index is 10.2. The van der Waals surface area contributed by atoms with Crippen LogP contribution >= 0.6 is 0 Å². The Morgan fingerprint density at radius 2 is 2.36 bits per heavy atom. The Labute approximate surface area is 66.0 Å². The molecule has 3 nitrogen and oxygen atoms in total. The van der Waals surface area contributed by atoms with Gasteiger partial charge in [0.1, 0.15) is 0 Å². The van der Waals surface area contributed by atoms with E-state index >= 15 is 0 Å². The molecule has 0 aliphatic heterocycles. The van der Waals surface area contributed by atoms with Gasteiger partial charge in [-0.2, -0.15) is 0 Å². The molecule has 0 aromatic carbocycles. The van der Waals surface area contributed by atoms with E-state index in [4.69, 9.17) is 5.41 Å². The molecule has 0 amide bonds. The highest BCUT2D eigenvalue weighted by Crippen LogP contribution is 2.27. The Hall–Kier alpha value is -1.12. The highest BCUT2D eigenvalue weighted by Gasteiger charge is 2.19. The molecule has 11 heavy (non-hydrogen) atoms. The predicted octanol–water partition coefficient (Wildman–Crippen LogP) is 0.718. The number of hydrogen-bond donors (Lipinski definition) is 2. The summed E-state index contributed by atoms with van der Waals surface area (Å²) >= 11 is 0. The van der Waals surface area contributed by atoms with Crippen LogP contribution in [0.25, 0.3) is 0 Å². The molecule has 1 aliphatic carbocycles. The highest BCUT2D eigenvalue weighted by atomic mass is 16.1. The molecule has 0 saturated heterocycles. The van der Waals surface area contributed by atoms with Crippen LogP contribution in [-0.2, 0) is 4.79 Å². The Kier molecular flexibility index (Phi) is 2.83. The monoisotopic (exact) mass is 152 g/mol. The van der Waals surface area contributed by atoms with Gasteiger partial charge in [0.05, 0.1) is 0 Å². The fourth-order valence-corrected chi connectivity index (χ4v) is 0.775. The Morgan fingerprint density at radius 1 is 1.64 bits per heavy atom. The minimum absolute atomic E-state index is 0.394. The Morgan fingerprint density at radius 3 is 2.82 bits per heavy atom. The summed E-state index contributed by atoms with van der Waals surface area (Å²) in [6.07, 6.45) is 5.90. The zero-order valence-corrected chi connectivity index (χ0v) is 6.34. The van der Waals surface area contributed by atoms with Crippen molar-refractivity contribution in [3.63, 3.8) is 0 Å². The molecule has 2 N–H and O–H groups in total. The summed E-state index contributed by atoms with van der Waals surface area (Å²) in [6, 6.07) is 0. The highest BCUT2D eigenvalue weighted by molar-refractivity contribution is 6.00. The van der Waals surface area contributed by atoms with Crippen molar-refractivity contribution in [1.29, 1.82) is 5.41 Å².